The predicted molar refractivity (Wildman–Crippen MR) is 60.3 cm³/mol. The van der Waals surface area contributed by atoms with Gasteiger partial charge in [0.2, 0.25) is 0 Å². The molecule has 88 valence electrons. The summed E-state index contributed by atoms with van der Waals surface area (Å²) in [6.07, 6.45) is 2.27. The lowest BCUT2D eigenvalue weighted by molar-refractivity contribution is -0.0385. The molecule has 0 bridgehead atoms. The predicted octanol–water partition coefficient (Wildman–Crippen LogP) is 2.21. The second-order valence-electron chi connectivity index (χ2n) is 5.56. The fraction of sp³-hybridized carbons (Fsp3) is 0.667. The molecule has 1 heterocycles. The van der Waals surface area contributed by atoms with E-state index in [1.807, 2.05) is 0 Å². The van der Waals surface area contributed by atoms with Crippen LogP contribution in [0.2, 0.25) is 0 Å². The van der Waals surface area contributed by atoms with Crippen molar-refractivity contribution in [1.82, 2.24) is 9.97 Å². The van der Waals surface area contributed by atoms with E-state index >= 15 is 0 Å². The molecule has 2 rings (SSSR count). The molecule has 4 heteroatoms. The number of aromatic nitrogens is 2. The number of rotatable bonds is 1. The second-order valence-corrected chi connectivity index (χ2v) is 5.56. The molecule has 2 unspecified atom stereocenters. The van der Waals surface area contributed by atoms with E-state index in [1.165, 1.54) is 6.20 Å². The Kier molecular flexibility index (Phi) is 2.16. The molecule has 1 aromatic rings. The molecule has 4 nitrogen and oxygen atoms in total. The van der Waals surface area contributed by atoms with Crippen molar-refractivity contribution in [3.8, 4) is 11.6 Å². The van der Waals surface area contributed by atoms with Gasteiger partial charge in [0, 0.05) is 5.41 Å². The maximum atomic E-state index is 9.42. The van der Waals surface area contributed by atoms with Crippen molar-refractivity contribution in [1.29, 1.82) is 0 Å². The molecule has 1 aliphatic carbocycles. The van der Waals surface area contributed by atoms with Gasteiger partial charge in [-0.2, -0.15) is 4.98 Å². The fourth-order valence-electron chi connectivity index (χ4n) is 2.56. The van der Waals surface area contributed by atoms with E-state index in [4.69, 9.17) is 0 Å². The monoisotopic (exact) mass is 222 g/mol. The standard InChI is InChI=1S/C12H18N2O2/c1-7-5-12(4,11(7,2)3)10-13-6-8(15)9(16)14-10/h6-7,15H,5H2,1-4H3,(H,13,14,16). The third kappa shape index (κ3) is 1.22. The van der Waals surface area contributed by atoms with Gasteiger partial charge in [0.25, 0.3) is 5.88 Å². The minimum absolute atomic E-state index is 0.108. The topological polar surface area (TPSA) is 66.2 Å². The molecule has 0 aromatic carbocycles. The van der Waals surface area contributed by atoms with Crippen molar-refractivity contribution in [2.45, 2.75) is 39.5 Å². The molecule has 16 heavy (non-hydrogen) atoms. The third-order valence-electron chi connectivity index (χ3n) is 4.61. The normalized spacial score (nSPS) is 32.1. The highest BCUT2D eigenvalue weighted by molar-refractivity contribution is 5.31. The Labute approximate surface area is 95.4 Å². The summed E-state index contributed by atoms with van der Waals surface area (Å²) >= 11 is 0. The van der Waals surface area contributed by atoms with Crippen LogP contribution in [0.1, 0.15) is 39.9 Å². The fourth-order valence-corrected chi connectivity index (χ4v) is 2.56. The maximum Gasteiger partial charge on any atom is 0.257 e. The summed E-state index contributed by atoms with van der Waals surface area (Å²) in [6.45, 7) is 8.70. The van der Waals surface area contributed by atoms with E-state index < -0.39 is 0 Å². The van der Waals surface area contributed by atoms with Crippen molar-refractivity contribution < 1.29 is 10.2 Å². The summed E-state index contributed by atoms with van der Waals surface area (Å²) < 4.78 is 0. The van der Waals surface area contributed by atoms with Gasteiger partial charge in [-0.1, -0.05) is 27.7 Å². The third-order valence-corrected chi connectivity index (χ3v) is 4.61. The van der Waals surface area contributed by atoms with Gasteiger partial charge < -0.3 is 10.2 Å². The molecular formula is C12H18N2O2. The molecule has 0 amide bonds. The van der Waals surface area contributed by atoms with Gasteiger partial charge in [0.15, 0.2) is 5.75 Å². The van der Waals surface area contributed by atoms with Crippen LogP contribution < -0.4 is 0 Å². The molecule has 0 saturated heterocycles. The number of hydrogen-bond donors (Lipinski definition) is 2. The van der Waals surface area contributed by atoms with Crippen molar-refractivity contribution >= 4 is 0 Å². The van der Waals surface area contributed by atoms with Crippen LogP contribution in [0.15, 0.2) is 6.20 Å². The van der Waals surface area contributed by atoms with Crippen LogP contribution in [0.5, 0.6) is 11.6 Å². The lowest BCUT2D eigenvalue weighted by Crippen LogP contribution is -2.56. The van der Waals surface area contributed by atoms with E-state index in [1.54, 1.807) is 0 Å². The summed E-state index contributed by atoms with van der Waals surface area (Å²) in [7, 11) is 0. The van der Waals surface area contributed by atoms with Crippen molar-refractivity contribution in [3.63, 3.8) is 0 Å². The highest BCUT2D eigenvalue weighted by Crippen LogP contribution is 2.60. The molecule has 0 aliphatic heterocycles. The Morgan fingerprint density at radius 2 is 1.94 bits per heavy atom. The molecule has 1 aliphatic rings. The first-order valence-corrected chi connectivity index (χ1v) is 5.54. The van der Waals surface area contributed by atoms with Crippen LogP contribution in [-0.4, -0.2) is 20.2 Å². The van der Waals surface area contributed by atoms with Gasteiger partial charge in [-0.15, -0.1) is 0 Å². The Morgan fingerprint density at radius 3 is 2.38 bits per heavy atom. The Bertz CT molecular complexity index is 431. The van der Waals surface area contributed by atoms with Crippen LogP contribution in [0.25, 0.3) is 0 Å². The first-order valence-electron chi connectivity index (χ1n) is 5.54. The van der Waals surface area contributed by atoms with E-state index in [0.717, 1.165) is 6.42 Å². The first-order chi connectivity index (χ1) is 7.29. The van der Waals surface area contributed by atoms with Crippen LogP contribution in [0.3, 0.4) is 0 Å². The lowest BCUT2D eigenvalue weighted by atomic mass is 9.46. The van der Waals surface area contributed by atoms with E-state index in [9.17, 15) is 10.2 Å². The molecule has 2 N–H and O–H groups in total. The summed E-state index contributed by atoms with van der Waals surface area (Å²) in [5, 5.41) is 18.6. The number of nitrogens with zero attached hydrogens (tertiary/aromatic N) is 2. The smallest absolute Gasteiger partial charge is 0.257 e. The lowest BCUT2D eigenvalue weighted by Gasteiger charge is -2.58. The highest BCUT2D eigenvalue weighted by atomic mass is 16.3. The summed E-state index contributed by atoms with van der Waals surface area (Å²) in [5.74, 6) is 0.627. The minimum Gasteiger partial charge on any atom is -0.502 e. The molecule has 1 saturated carbocycles. The average Bonchev–Trinajstić information content (AvgIpc) is 2.22. The largest absolute Gasteiger partial charge is 0.502 e. The van der Waals surface area contributed by atoms with E-state index in [0.29, 0.717) is 11.7 Å². The van der Waals surface area contributed by atoms with Gasteiger partial charge in [-0.25, -0.2) is 4.98 Å². The maximum absolute atomic E-state index is 9.42. The van der Waals surface area contributed by atoms with Gasteiger partial charge >= 0.3 is 0 Å². The Balaban J connectivity index is 2.42. The van der Waals surface area contributed by atoms with Crippen LogP contribution in [0, 0.1) is 11.3 Å². The Morgan fingerprint density at radius 1 is 1.31 bits per heavy atom. The van der Waals surface area contributed by atoms with E-state index in [2.05, 4.69) is 37.7 Å². The quantitative estimate of drug-likeness (QED) is 0.764. The summed E-state index contributed by atoms with van der Waals surface area (Å²) in [4.78, 5) is 8.13. The van der Waals surface area contributed by atoms with Crippen LogP contribution >= 0.6 is 0 Å². The molecule has 1 aromatic heterocycles. The summed E-state index contributed by atoms with van der Waals surface area (Å²) in [6, 6.07) is 0. The van der Waals surface area contributed by atoms with E-state index in [-0.39, 0.29) is 22.5 Å². The van der Waals surface area contributed by atoms with Gasteiger partial charge in [-0.05, 0) is 17.8 Å². The number of hydrogen-bond acceptors (Lipinski definition) is 4. The zero-order valence-corrected chi connectivity index (χ0v) is 10.2. The molecule has 0 spiro atoms. The van der Waals surface area contributed by atoms with Gasteiger partial charge in [0.1, 0.15) is 5.82 Å². The zero-order valence-electron chi connectivity index (χ0n) is 10.2. The first kappa shape index (κ1) is 11.2. The second kappa shape index (κ2) is 3.09. The van der Waals surface area contributed by atoms with Gasteiger partial charge in [0.05, 0.1) is 6.20 Å². The van der Waals surface area contributed by atoms with Crippen LogP contribution in [-0.2, 0) is 5.41 Å². The highest BCUT2D eigenvalue weighted by Gasteiger charge is 2.57. The van der Waals surface area contributed by atoms with Crippen LogP contribution in [0.4, 0.5) is 0 Å². The molecule has 0 radical (unpaired) electrons. The number of aromatic hydroxyl groups is 2. The zero-order chi connectivity index (χ0) is 12.1. The SMILES string of the molecule is CC1CC(C)(c2ncc(O)c(O)n2)C1(C)C. The van der Waals surface area contributed by atoms with Crippen molar-refractivity contribution in [2.24, 2.45) is 11.3 Å². The van der Waals surface area contributed by atoms with Gasteiger partial charge in [-0.3, -0.25) is 0 Å². The van der Waals surface area contributed by atoms with Crippen molar-refractivity contribution in [2.75, 3.05) is 0 Å². The molecule has 1 fully saturated rings. The van der Waals surface area contributed by atoms with Crippen molar-refractivity contribution in [3.05, 3.63) is 12.0 Å². The minimum atomic E-state index is -0.332. The molecular weight excluding hydrogens is 204 g/mol. The molecule has 2 atom stereocenters. The average molecular weight is 222 g/mol. The Hall–Kier alpha value is -1.32. The summed E-state index contributed by atoms with van der Waals surface area (Å²) in [5.41, 5.74) is -0.0198.